The van der Waals surface area contributed by atoms with Crippen molar-refractivity contribution in [3.63, 3.8) is 0 Å². The molecule has 16 heteroatoms. The van der Waals surface area contributed by atoms with E-state index in [0.717, 1.165) is 4.90 Å². The quantitative estimate of drug-likeness (QED) is 0.0737. The average Bonchev–Trinajstić information content (AvgIpc) is 3.40. The van der Waals surface area contributed by atoms with Crippen molar-refractivity contribution < 1.29 is 46.2 Å². The van der Waals surface area contributed by atoms with E-state index in [1.165, 1.54) is 36.4 Å². The first-order chi connectivity index (χ1) is 23.0. The fraction of sp³-hybridized carbons (Fsp3) is 0.273. The second-order valence-corrected chi connectivity index (χ2v) is 14.9. The maximum Gasteiger partial charge on any atom is 0.258 e. The Morgan fingerprint density at radius 1 is 0.837 bits per heavy atom. The van der Waals surface area contributed by atoms with Crippen molar-refractivity contribution >= 4 is 85.7 Å². The van der Waals surface area contributed by atoms with E-state index in [-0.39, 0.29) is 33.2 Å². The van der Waals surface area contributed by atoms with Gasteiger partial charge in [-0.3, -0.25) is 19.2 Å². The van der Waals surface area contributed by atoms with E-state index < -0.39 is 104 Å². The van der Waals surface area contributed by atoms with Gasteiger partial charge in [-0.1, -0.05) is 45.2 Å². The van der Waals surface area contributed by atoms with Gasteiger partial charge in [0.1, 0.15) is 11.4 Å². The van der Waals surface area contributed by atoms with Crippen LogP contribution in [-0.4, -0.2) is 38.5 Å². The minimum absolute atomic E-state index is 0.0613. The van der Waals surface area contributed by atoms with Crippen molar-refractivity contribution in [2.24, 2.45) is 17.8 Å². The Labute approximate surface area is 297 Å². The number of rotatable bonds is 3. The van der Waals surface area contributed by atoms with Crippen molar-refractivity contribution in [3.05, 3.63) is 97.8 Å². The molecule has 6 atom stereocenters. The first-order valence-corrected chi connectivity index (χ1v) is 16.5. The van der Waals surface area contributed by atoms with E-state index in [2.05, 4.69) is 15.9 Å². The van der Waals surface area contributed by atoms with Crippen LogP contribution < -0.4 is 9.80 Å². The predicted octanol–water partition coefficient (Wildman–Crippen LogP) is 7.58. The molecule has 4 aliphatic rings. The minimum Gasteiger partial charge on any atom is -0.508 e. The molecular formula is C33H19BrCl3F5N2O5. The third-order valence-corrected chi connectivity index (χ3v) is 12.2. The number of allylic oxidation sites excluding steroid dienone is 2. The van der Waals surface area contributed by atoms with Crippen LogP contribution in [-0.2, 0) is 19.2 Å². The number of nitrogens with zero attached hydrogens (tertiary/aromatic N) is 2. The zero-order valence-corrected chi connectivity index (χ0v) is 28.5. The number of carbonyl (C=O) groups is 4. The second kappa shape index (κ2) is 11.2. The third-order valence-electron chi connectivity index (χ3n) is 9.94. The van der Waals surface area contributed by atoms with Gasteiger partial charge in [0.2, 0.25) is 17.6 Å². The van der Waals surface area contributed by atoms with Gasteiger partial charge in [0, 0.05) is 21.0 Å². The van der Waals surface area contributed by atoms with Gasteiger partial charge >= 0.3 is 0 Å². The molecular weight excluding hydrogens is 786 g/mol. The number of fused-ring (bicyclic) bond motifs is 4. The van der Waals surface area contributed by atoms with E-state index >= 15 is 8.78 Å². The number of anilines is 2. The summed E-state index contributed by atoms with van der Waals surface area (Å²) in [6, 6.07) is 8.59. The molecule has 2 heterocycles. The highest BCUT2D eigenvalue weighted by Gasteiger charge is 2.77. The summed E-state index contributed by atoms with van der Waals surface area (Å²) < 4.78 is 73.5. The Bertz CT molecular complexity index is 2090. The lowest BCUT2D eigenvalue weighted by Crippen LogP contribution is -2.60. The molecule has 254 valence electrons. The van der Waals surface area contributed by atoms with E-state index in [1.54, 1.807) is 13.0 Å². The highest BCUT2D eigenvalue weighted by Crippen LogP contribution is 2.67. The van der Waals surface area contributed by atoms with Gasteiger partial charge in [0.25, 0.3) is 11.8 Å². The summed E-state index contributed by atoms with van der Waals surface area (Å²) in [7, 11) is 0. The first-order valence-electron chi connectivity index (χ1n) is 14.6. The normalized spacial score (nSPS) is 29.3. The van der Waals surface area contributed by atoms with Crippen molar-refractivity contribution in [1.29, 1.82) is 0 Å². The van der Waals surface area contributed by atoms with Crippen LogP contribution in [0.4, 0.5) is 33.3 Å². The number of phenolic OH excluding ortho intramolecular Hbond substituents is 1. The van der Waals surface area contributed by atoms with Crippen LogP contribution in [0, 0.1) is 53.8 Å². The average molecular weight is 805 g/mol. The molecule has 0 radical (unpaired) electrons. The van der Waals surface area contributed by atoms with Gasteiger partial charge in [0.15, 0.2) is 33.0 Å². The van der Waals surface area contributed by atoms with E-state index in [1.807, 2.05) is 0 Å². The molecule has 2 saturated heterocycles. The summed E-state index contributed by atoms with van der Waals surface area (Å²) in [6.07, 6.45) is 0.801. The maximum absolute atomic E-state index is 15.2. The van der Waals surface area contributed by atoms with Crippen LogP contribution in [0.3, 0.4) is 0 Å². The smallest absolute Gasteiger partial charge is 0.258 e. The van der Waals surface area contributed by atoms with Crippen LogP contribution in [0.5, 0.6) is 5.75 Å². The number of benzene rings is 3. The molecule has 2 aliphatic heterocycles. The molecule has 0 aromatic heterocycles. The van der Waals surface area contributed by atoms with Crippen molar-refractivity contribution in [1.82, 2.24) is 0 Å². The Morgan fingerprint density at radius 3 is 2.10 bits per heavy atom. The van der Waals surface area contributed by atoms with Gasteiger partial charge in [-0.2, -0.15) is 0 Å². The fourth-order valence-corrected chi connectivity index (χ4v) is 9.12. The lowest BCUT2D eigenvalue weighted by atomic mass is 9.56. The number of imide groups is 2. The molecule has 0 spiro atoms. The summed E-state index contributed by atoms with van der Waals surface area (Å²) in [5.41, 5.74) is -0.938. The van der Waals surface area contributed by atoms with E-state index in [9.17, 15) is 37.5 Å². The Hall–Kier alpha value is -3.52. The highest BCUT2D eigenvalue weighted by molar-refractivity contribution is 9.10. The minimum atomic E-state index is -2.75. The number of amides is 4. The van der Waals surface area contributed by atoms with Crippen molar-refractivity contribution in [2.75, 3.05) is 9.80 Å². The fourth-order valence-electron chi connectivity index (χ4n) is 7.64. The molecule has 7 nitrogen and oxygen atoms in total. The zero-order chi connectivity index (χ0) is 35.6. The largest absolute Gasteiger partial charge is 0.508 e. The SMILES string of the molecule is Cc1ccc(N2C(=O)C3CC=C4C(CC5(Cl)C(=O)N(c6c(F)c(F)c(F)c(F)c6F)C(=O)C5(Cl)C4c4cc(Br)ccc4O)C3C2=O)cc1Cl. The number of alkyl halides is 2. The first kappa shape index (κ1) is 34.0. The molecule has 3 aromatic rings. The molecule has 3 aromatic carbocycles. The van der Waals surface area contributed by atoms with Crippen molar-refractivity contribution in [3.8, 4) is 5.75 Å². The number of carbonyl (C=O) groups excluding carboxylic acids is 4. The Morgan fingerprint density at radius 2 is 1.47 bits per heavy atom. The van der Waals surface area contributed by atoms with Crippen LogP contribution in [0.15, 0.2) is 52.5 Å². The number of aryl methyl sites for hydroxylation is 1. The molecule has 6 unspecified atom stereocenters. The molecule has 49 heavy (non-hydrogen) atoms. The maximum atomic E-state index is 15.2. The van der Waals surface area contributed by atoms with Gasteiger partial charge in [0.05, 0.1) is 17.5 Å². The molecule has 3 fully saturated rings. The highest BCUT2D eigenvalue weighted by atomic mass is 79.9. The molecule has 1 N–H and O–H groups in total. The molecule has 0 bridgehead atoms. The predicted molar refractivity (Wildman–Crippen MR) is 171 cm³/mol. The van der Waals surface area contributed by atoms with Crippen molar-refractivity contribution in [2.45, 2.75) is 35.4 Å². The number of hydrogen-bond donors (Lipinski definition) is 1. The van der Waals surface area contributed by atoms with Crippen LogP contribution in [0.25, 0.3) is 0 Å². The van der Waals surface area contributed by atoms with Crippen LogP contribution >= 0.6 is 50.7 Å². The Balaban J connectivity index is 1.44. The van der Waals surface area contributed by atoms with Gasteiger partial charge in [-0.05, 0) is 61.6 Å². The molecule has 1 saturated carbocycles. The van der Waals surface area contributed by atoms with E-state index in [4.69, 9.17) is 34.8 Å². The topological polar surface area (TPSA) is 95.0 Å². The molecule has 4 amide bonds. The number of aromatic hydroxyl groups is 1. The summed E-state index contributed by atoms with van der Waals surface area (Å²) in [5.74, 6) is -22.3. The lowest BCUT2D eigenvalue weighted by molar-refractivity contribution is -0.125. The van der Waals surface area contributed by atoms with Gasteiger partial charge in [-0.15, -0.1) is 23.2 Å². The molecule has 7 rings (SSSR count). The van der Waals surface area contributed by atoms with E-state index in [0.29, 0.717) is 10.0 Å². The summed E-state index contributed by atoms with van der Waals surface area (Å²) >= 11 is 23.7. The monoisotopic (exact) mass is 802 g/mol. The number of hydrogen-bond acceptors (Lipinski definition) is 5. The van der Waals surface area contributed by atoms with Gasteiger partial charge < -0.3 is 5.11 Å². The van der Waals surface area contributed by atoms with Crippen LogP contribution in [0.1, 0.15) is 29.9 Å². The standard InChI is InChI=1S/C33H19BrCl3F5N2O5/c1-11-2-4-13(9-18(11)35)43-28(46)15-6-5-14-17(20(15)29(43)47)10-32(36)30(48)44(27-25(41)23(39)22(38)24(40)26(27)42)31(49)33(32,37)21(14)16-8-12(34)3-7-19(16)45/h2-5,7-9,15,17,20-21,45H,6,10H2,1H3. The van der Waals surface area contributed by atoms with Gasteiger partial charge in [-0.25, -0.2) is 31.8 Å². The number of phenols is 1. The second-order valence-electron chi connectivity index (χ2n) is 12.3. The number of halogens is 9. The van der Waals surface area contributed by atoms with Crippen LogP contribution in [0.2, 0.25) is 5.02 Å². The Kier molecular flexibility index (Phi) is 7.79. The zero-order valence-electron chi connectivity index (χ0n) is 24.6. The summed E-state index contributed by atoms with van der Waals surface area (Å²) in [5, 5.41) is 11.4. The summed E-state index contributed by atoms with van der Waals surface area (Å²) in [4.78, 5) is 51.8. The lowest BCUT2D eigenvalue weighted by Gasteiger charge is -2.50. The third kappa shape index (κ3) is 4.37. The summed E-state index contributed by atoms with van der Waals surface area (Å²) in [6.45, 7) is 1.73. The molecule has 2 aliphatic carbocycles.